The van der Waals surface area contributed by atoms with Gasteiger partial charge in [0.2, 0.25) is 17.7 Å². The van der Waals surface area contributed by atoms with Crippen molar-refractivity contribution in [1.29, 1.82) is 0 Å². The van der Waals surface area contributed by atoms with E-state index in [1.165, 1.54) is 0 Å². The third-order valence-corrected chi connectivity index (χ3v) is 9.42. The number of ether oxygens (including phenoxy) is 1. The van der Waals surface area contributed by atoms with Gasteiger partial charge in [-0.25, -0.2) is 0 Å². The zero-order chi connectivity index (χ0) is 28.7. The number of hydrogen-bond donors (Lipinski definition) is 3. The summed E-state index contributed by atoms with van der Waals surface area (Å²) in [5.41, 5.74) is 1.34. The fraction of sp³-hybridized carbons (Fsp3) is 0.531. The number of rotatable bonds is 10. The maximum atomic E-state index is 14.3. The van der Waals surface area contributed by atoms with Crippen LogP contribution in [0.4, 0.5) is 11.4 Å². The zero-order valence-corrected chi connectivity index (χ0v) is 23.9. The van der Waals surface area contributed by atoms with Crippen molar-refractivity contribution in [1.82, 2.24) is 4.90 Å². The van der Waals surface area contributed by atoms with E-state index in [0.29, 0.717) is 31.5 Å². The van der Waals surface area contributed by atoms with Gasteiger partial charge in [0, 0.05) is 24.5 Å². The molecule has 3 saturated heterocycles. The van der Waals surface area contributed by atoms with Crippen molar-refractivity contribution in [2.24, 2.45) is 17.8 Å². The number of fused-ring (bicyclic) bond motifs is 1. The number of aryl methyl sites for hydroxylation is 2. The number of unbranched alkanes of at least 4 members (excludes halogenated alkanes) is 3. The van der Waals surface area contributed by atoms with Gasteiger partial charge in [0.15, 0.2) is 0 Å². The van der Waals surface area contributed by atoms with Gasteiger partial charge in [-0.05, 0) is 69.2 Å². The van der Waals surface area contributed by atoms with Gasteiger partial charge in [-0.3, -0.25) is 14.4 Å². The van der Waals surface area contributed by atoms with Gasteiger partial charge < -0.3 is 25.4 Å². The topological polar surface area (TPSA) is 108 Å². The molecule has 3 aliphatic heterocycles. The number of carbonyl (C=O) groups is 3. The van der Waals surface area contributed by atoms with Gasteiger partial charge in [-0.2, -0.15) is 0 Å². The lowest BCUT2D eigenvalue weighted by molar-refractivity contribution is -0.144. The third-order valence-electron chi connectivity index (χ3n) is 9.42. The molecule has 214 valence electrons. The third kappa shape index (κ3) is 4.61. The first kappa shape index (κ1) is 28.3. The maximum absolute atomic E-state index is 14.3. The number of aliphatic hydroxyl groups excluding tert-OH is 1. The number of para-hydroxylation sites is 2. The van der Waals surface area contributed by atoms with Crippen LogP contribution in [0.3, 0.4) is 0 Å². The van der Waals surface area contributed by atoms with Crippen LogP contribution in [0.5, 0.6) is 0 Å². The van der Waals surface area contributed by atoms with E-state index in [4.69, 9.17) is 9.84 Å². The molecule has 40 heavy (non-hydrogen) atoms. The van der Waals surface area contributed by atoms with Gasteiger partial charge in [-0.1, -0.05) is 56.2 Å². The summed E-state index contributed by atoms with van der Waals surface area (Å²) >= 11 is 0. The Morgan fingerprint density at radius 2 is 1.65 bits per heavy atom. The molecule has 6 atom stereocenters. The van der Waals surface area contributed by atoms with E-state index in [9.17, 15) is 14.4 Å². The van der Waals surface area contributed by atoms with Crippen LogP contribution in [0.15, 0.2) is 48.5 Å². The fourth-order valence-corrected chi connectivity index (χ4v) is 7.37. The molecule has 0 aliphatic carbocycles. The Balaban J connectivity index is 1.50. The summed E-state index contributed by atoms with van der Waals surface area (Å²) in [5, 5.41) is 15.3. The van der Waals surface area contributed by atoms with Crippen molar-refractivity contribution in [2.45, 2.75) is 77.0 Å². The minimum Gasteiger partial charge on any atom is -0.396 e. The number of nitrogens with zero attached hydrogens (tertiary/aromatic N) is 1. The zero-order valence-electron chi connectivity index (χ0n) is 23.9. The van der Waals surface area contributed by atoms with E-state index in [1.54, 1.807) is 4.90 Å². The second kappa shape index (κ2) is 11.0. The first-order chi connectivity index (χ1) is 19.1. The van der Waals surface area contributed by atoms with Crippen LogP contribution in [0.2, 0.25) is 0 Å². The molecule has 2 aromatic carbocycles. The Morgan fingerprint density at radius 1 is 0.975 bits per heavy atom. The Bertz CT molecular complexity index is 1260. The number of nitrogens with one attached hydrogen (secondary N) is 2. The van der Waals surface area contributed by atoms with Crippen molar-refractivity contribution in [3.63, 3.8) is 0 Å². The molecule has 3 N–H and O–H groups in total. The van der Waals surface area contributed by atoms with E-state index in [-0.39, 0.29) is 30.2 Å². The van der Waals surface area contributed by atoms with Crippen LogP contribution >= 0.6 is 0 Å². The molecule has 5 rings (SSSR count). The highest BCUT2D eigenvalue weighted by molar-refractivity contribution is 6.05. The highest BCUT2D eigenvalue weighted by atomic mass is 16.5. The molecule has 3 amide bonds. The van der Waals surface area contributed by atoms with Gasteiger partial charge >= 0.3 is 0 Å². The van der Waals surface area contributed by atoms with Gasteiger partial charge in [0.25, 0.3) is 0 Å². The predicted molar refractivity (Wildman–Crippen MR) is 154 cm³/mol. The molecular weight excluding hydrogens is 506 g/mol. The summed E-state index contributed by atoms with van der Waals surface area (Å²) in [4.78, 5) is 44.0. The first-order valence-electron chi connectivity index (χ1n) is 14.5. The molecular formula is C32H41N3O5. The van der Waals surface area contributed by atoms with Crippen LogP contribution in [-0.2, 0) is 19.1 Å². The number of carbonyl (C=O) groups excluding carboxylic acids is 3. The Labute approximate surface area is 236 Å². The molecule has 3 fully saturated rings. The quantitative estimate of drug-likeness (QED) is 0.381. The molecule has 3 heterocycles. The second-order valence-electron chi connectivity index (χ2n) is 12.0. The lowest BCUT2D eigenvalue weighted by atomic mass is 9.62. The Hall–Kier alpha value is -3.23. The van der Waals surface area contributed by atoms with E-state index in [2.05, 4.69) is 17.6 Å². The normalized spacial score (nSPS) is 30.4. The van der Waals surface area contributed by atoms with Crippen molar-refractivity contribution in [3.05, 3.63) is 59.7 Å². The summed E-state index contributed by atoms with van der Waals surface area (Å²) in [6, 6.07) is 14.2. The first-order valence-corrected chi connectivity index (χ1v) is 14.5. The monoisotopic (exact) mass is 547 g/mol. The highest BCUT2D eigenvalue weighted by Gasteiger charge is 2.79. The molecule has 0 aromatic heterocycles. The molecule has 1 spiro atoms. The average molecular weight is 548 g/mol. The summed E-state index contributed by atoms with van der Waals surface area (Å²) in [7, 11) is 0. The second-order valence-corrected chi connectivity index (χ2v) is 12.0. The van der Waals surface area contributed by atoms with E-state index in [1.807, 2.05) is 69.3 Å². The summed E-state index contributed by atoms with van der Waals surface area (Å²) < 4.78 is 6.82. The molecule has 3 unspecified atom stereocenters. The lowest BCUT2D eigenvalue weighted by Gasteiger charge is -2.36. The van der Waals surface area contributed by atoms with Crippen molar-refractivity contribution in [3.8, 4) is 0 Å². The van der Waals surface area contributed by atoms with Crippen molar-refractivity contribution < 1.29 is 24.2 Å². The summed E-state index contributed by atoms with van der Waals surface area (Å²) in [6.07, 6.45) is 3.62. The SMILES string of the molecule is Cc1cccc(C)c1NC(=O)C1N(CCCCCCO)C(=O)[C@@H]2[C@@H](C(=O)Nc3ccccc3)[C@]3(C)OC12CC3C. The molecule has 0 saturated carbocycles. The maximum Gasteiger partial charge on any atom is 0.250 e. The number of likely N-dealkylation sites (tertiary alicyclic amines) is 1. The highest BCUT2D eigenvalue weighted by Crippen LogP contribution is 2.65. The van der Waals surface area contributed by atoms with Crippen LogP contribution in [0, 0.1) is 31.6 Å². The number of amides is 3. The van der Waals surface area contributed by atoms with Crippen LogP contribution in [0.25, 0.3) is 0 Å². The predicted octanol–water partition coefficient (Wildman–Crippen LogP) is 4.44. The molecule has 0 radical (unpaired) electrons. The number of benzene rings is 2. The number of anilines is 2. The van der Waals surface area contributed by atoms with Gasteiger partial charge in [0.05, 0.1) is 17.4 Å². The largest absolute Gasteiger partial charge is 0.396 e. The van der Waals surface area contributed by atoms with E-state index < -0.39 is 29.1 Å². The van der Waals surface area contributed by atoms with E-state index >= 15 is 0 Å². The molecule has 2 bridgehead atoms. The molecule has 8 heteroatoms. The fourth-order valence-electron chi connectivity index (χ4n) is 7.37. The van der Waals surface area contributed by atoms with Gasteiger partial charge in [-0.15, -0.1) is 0 Å². The Morgan fingerprint density at radius 3 is 2.33 bits per heavy atom. The summed E-state index contributed by atoms with van der Waals surface area (Å²) in [6.45, 7) is 8.41. The minimum atomic E-state index is -1.09. The van der Waals surface area contributed by atoms with E-state index in [0.717, 1.165) is 29.7 Å². The number of hydrogen-bond acceptors (Lipinski definition) is 5. The number of aliphatic hydroxyl groups is 1. The minimum absolute atomic E-state index is 0.0249. The molecule has 2 aromatic rings. The molecule has 8 nitrogen and oxygen atoms in total. The van der Waals surface area contributed by atoms with Crippen LogP contribution in [-0.4, -0.2) is 58.1 Å². The smallest absolute Gasteiger partial charge is 0.250 e. The summed E-state index contributed by atoms with van der Waals surface area (Å²) in [5.74, 6) is -2.21. The van der Waals surface area contributed by atoms with Crippen molar-refractivity contribution in [2.75, 3.05) is 23.8 Å². The van der Waals surface area contributed by atoms with Crippen LogP contribution < -0.4 is 10.6 Å². The standard InChI is InChI=1S/C32H41N3O5/c1-20-13-12-14-21(2)26(20)34-29(38)27-32-19-22(3)31(4,40-32)24(28(37)33-23-15-8-7-9-16-23)25(32)30(39)35(27)17-10-5-6-11-18-36/h7-9,12-16,22,24-25,27,36H,5-6,10-11,17-19H2,1-4H3,(H,33,37)(H,34,38)/t22?,24-,25-,27?,31+,32?/m0/s1. The Kier molecular flexibility index (Phi) is 7.77. The average Bonchev–Trinajstić information content (AvgIpc) is 3.43. The van der Waals surface area contributed by atoms with Crippen molar-refractivity contribution >= 4 is 29.1 Å². The lowest BCUT2D eigenvalue weighted by Crippen LogP contribution is -2.54. The molecule has 3 aliphatic rings. The van der Waals surface area contributed by atoms with Gasteiger partial charge in [0.1, 0.15) is 11.6 Å². The van der Waals surface area contributed by atoms with Crippen LogP contribution in [0.1, 0.15) is 57.1 Å².